The molecule has 0 atom stereocenters. The SMILES string of the molecule is CCc1ccc(C(C)=NOCc2ccccc2)cc1OC(=CO)C(=O)OC. The maximum atomic E-state index is 11.6. The highest BCUT2D eigenvalue weighted by atomic mass is 16.6. The lowest BCUT2D eigenvalue weighted by molar-refractivity contribution is -0.138. The van der Waals surface area contributed by atoms with Crippen molar-refractivity contribution in [2.24, 2.45) is 5.16 Å². The van der Waals surface area contributed by atoms with E-state index >= 15 is 0 Å². The smallest absolute Gasteiger partial charge is 0.377 e. The molecule has 0 saturated carbocycles. The van der Waals surface area contributed by atoms with E-state index in [-0.39, 0.29) is 5.76 Å². The minimum Gasteiger partial charge on any atom is -0.511 e. The molecular weight excluding hydrogens is 346 g/mol. The second-order valence-electron chi connectivity index (χ2n) is 5.70. The van der Waals surface area contributed by atoms with Gasteiger partial charge in [0.05, 0.1) is 12.8 Å². The van der Waals surface area contributed by atoms with Crippen LogP contribution in [0, 0.1) is 0 Å². The lowest BCUT2D eigenvalue weighted by atomic mass is 10.1. The van der Waals surface area contributed by atoms with Gasteiger partial charge in [-0.25, -0.2) is 4.79 Å². The van der Waals surface area contributed by atoms with Crippen LogP contribution in [-0.4, -0.2) is 23.9 Å². The van der Waals surface area contributed by atoms with Gasteiger partial charge in [-0.3, -0.25) is 0 Å². The average molecular weight is 369 g/mol. The highest BCUT2D eigenvalue weighted by molar-refractivity contribution is 5.98. The summed E-state index contributed by atoms with van der Waals surface area (Å²) >= 11 is 0. The van der Waals surface area contributed by atoms with Gasteiger partial charge in [0.2, 0.25) is 5.76 Å². The Balaban J connectivity index is 2.17. The lowest BCUT2D eigenvalue weighted by Crippen LogP contribution is -2.12. The first kappa shape index (κ1) is 20.0. The Morgan fingerprint density at radius 1 is 1.19 bits per heavy atom. The van der Waals surface area contributed by atoms with Crippen LogP contribution in [0.5, 0.6) is 5.75 Å². The highest BCUT2D eigenvalue weighted by Gasteiger charge is 2.15. The molecule has 0 aliphatic heterocycles. The molecule has 6 heteroatoms. The summed E-state index contributed by atoms with van der Waals surface area (Å²) in [5.41, 5.74) is 3.33. The molecule has 0 aromatic heterocycles. The Labute approximate surface area is 158 Å². The van der Waals surface area contributed by atoms with Crippen molar-refractivity contribution in [2.75, 3.05) is 7.11 Å². The monoisotopic (exact) mass is 369 g/mol. The fourth-order valence-corrected chi connectivity index (χ4v) is 2.34. The third-order valence-electron chi connectivity index (χ3n) is 3.87. The van der Waals surface area contributed by atoms with Crippen molar-refractivity contribution in [3.63, 3.8) is 0 Å². The average Bonchev–Trinajstić information content (AvgIpc) is 2.71. The van der Waals surface area contributed by atoms with Crippen LogP contribution < -0.4 is 4.74 Å². The fourth-order valence-electron chi connectivity index (χ4n) is 2.34. The van der Waals surface area contributed by atoms with E-state index in [0.29, 0.717) is 30.8 Å². The van der Waals surface area contributed by atoms with E-state index in [1.807, 2.05) is 56.3 Å². The van der Waals surface area contributed by atoms with Crippen molar-refractivity contribution < 1.29 is 24.2 Å². The molecule has 6 nitrogen and oxygen atoms in total. The predicted octanol–water partition coefficient (Wildman–Crippen LogP) is 4.14. The van der Waals surface area contributed by atoms with E-state index in [9.17, 15) is 9.90 Å². The number of aryl methyl sites for hydroxylation is 1. The lowest BCUT2D eigenvalue weighted by Gasteiger charge is -2.12. The van der Waals surface area contributed by atoms with Crippen LogP contribution in [0.2, 0.25) is 0 Å². The van der Waals surface area contributed by atoms with E-state index in [1.165, 1.54) is 7.11 Å². The molecule has 27 heavy (non-hydrogen) atoms. The van der Waals surface area contributed by atoms with Gasteiger partial charge in [-0.05, 0) is 30.5 Å². The standard InChI is InChI=1S/C21H23NO5/c1-4-17-10-11-18(12-19(17)27-20(13-23)21(24)25-3)15(2)22-26-14-16-8-6-5-7-9-16/h5-13,23H,4,14H2,1-3H3. The zero-order valence-electron chi connectivity index (χ0n) is 15.6. The van der Waals surface area contributed by atoms with Gasteiger partial charge in [0.25, 0.3) is 0 Å². The van der Waals surface area contributed by atoms with E-state index in [4.69, 9.17) is 9.57 Å². The third kappa shape index (κ3) is 5.60. The first-order chi connectivity index (χ1) is 13.1. The molecule has 0 spiro atoms. The van der Waals surface area contributed by atoms with Crippen LogP contribution in [0.4, 0.5) is 0 Å². The molecule has 0 heterocycles. The fraction of sp³-hybridized carbons (Fsp3) is 0.238. The van der Waals surface area contributed by atoms with E-state index in [1.54, 1.807) is 6.07 Å². The molecule has 0 bridgehead atoms. The number of esters is 1. The van der Waals surface area contributed by atoms with E-state index in [0.717, 1.165) is 16.7 Å². The molecule has 2 aromatic rings. The first-order valence-electron chi connectivity index (χ1n) is 8.53. The summed E-state index contributed by atoms with van der Waals surface area (Å²) in [6, 6.07) is 15.3. The van der Waals surface area contributed by atoms with Crippen LogP contribution in [-0.2, 0) is 27.4 Å². The summed E-state index contributed by atoms with van der Waals surface area (Å²) in [5.74, 6) is -0.612. The molecular formula is C21H23NO5. The number of hydrogen-bond donors (Lipinski definition) is 1. The summed E-state index contributed by atoms with van der Waals surface area (Å²) < 4.78 is 10.1. The van der Waals surface area contributed by atoms with Crippen molar-refractivity contribution in [1.82, 2.24) is 0 Å². The number of carbonyl (C=O) groups is 1. The van der Waals surface area contributed by atoms with Gasteiger partial charge in [0.1, 0.15) is 18.6 Å². The Morgan fingerprint density at radius 2 is 1.93 bits per heavy atom. The van der Waals surface area contributed by atoms with Crippen LogP contribution in [0.3, 0.4) is 0 Å². The Hall–Kier alpha value is -3.28. The summed E-state index contributed by atoms with van der Waals surface area (Å²) in [4.78, 5) is 17.0. The summed E-state index contributed by atoms with van der Waals surface area (Å²) in [6.07, 6.45) is 1.28. The second kappa shape index (κ2) is 10.0. The Bertz CT molecular complexity index is 828. The van der Waals surface area contributed by atoms with Crippen molar-refractivity contribution in [2.45, 2.75) is 26.9 Å². The molecule has 0 aliphatic carbocycles. The molecule has 0 unspecified atom stereocenters. The topological polar surface area (TPSA) is 77.4 Å². The zero-order valence-corrected chi connectivity index (χ0v) is 15.6. The third-order valence-corrected chi connectivity index (χ3v) is 3.87. The molecule has 0 radical (unpaired) electrons. The number of carbonyl (C=O) groups excluding carboxylic acids is 1. The van der Waals surface area contributed by atoms with Crippen LogP contribution in [0.1, 0.15) is 30.5 Å². The van der Waals surface area contributed by atoms with Gasteiger partial charge < -0.3 is 19.4 Å². The Kier molecular flexibility index (Phi) is 7.43. The van der Waals surface area contributed by atoms with Crippen molar-refractivity contribution >= 4 is 11.7 Å². The van der Waals surface area contributed by atoms with Crippen LogP contribution in [0.25, 0.3) is 0 Å². The molecule has 0 amide bonds. The molecule has 0 saturated heterocycles. The number of hydrogen-bond acceptors (Lipinski definition) is 6. The predicted molar refractivity (Wildman–Crippen MR) is 103 cm³/mol. The number of oxime groups is 1. The maximum Gasteiger partial charge on any atom is 0.377 e. The van der Waals surface area contributed by atoms with Crippen molar-refractivity contribution in [3.8, 4) is 5.75 Å². The second-order valence-corrected chi connectivity index (χ2v) is 5.70. The first-order valence-corrected chi connectivity index (χ1v) is 8.53. The number of rotatable bonds is 8. The van der Waals surface area contributed by atoms with Crippen LogP contribution in [0.15, 0.2) is 65.7 Å². The van der Waals surface area contributed by atoms with E-state index in [2.05, 4.69) is 9.89 Å². The van der Waals surface area contributed by atoms with Crippen molar-refractivity contribution in [3.05, 3.63) is 77.2 Å². The molecule has 0 fully saturated rings. The van der Waals surface area contributed by atoms with Gasteiger partial charge in [-0.1, -0.05) is 54.5 Å². The maximum absolute atomic E-state index is 11.6. The largest absolute Gasteiger partial charge is 0.511 e. The zero-order chi connectivity index (χ0) is 19.6. The quantitative estimate of drug-likeness (QED) is 0.249. The van der Waals surface area contributed by atoms with Gasteiger partial charge in [-0.2, -0.15) is 0 Å². The number of benzene rings is 2. The number of methoxy groups -OCH3 is 1. The van der Waals surface area contributed by atoms with Gasteiger partial charge in [0, 0.05) is 5.56 Å². The van der Waals surface area contributed by atoms with E-state index < -0.39 is 5.97 Å². The number of aliphatic hydroxyl groups is 1. The summed E-state index contributed by atoms with van der Waals surface area (Å²) in [7, 11) is 1.22. The Morgan fingerprint density at radius 3 is 2.56 bits per heavy atom. The highest BCUT2D eigenvalue weighted by Crippen LogP contribution is 2.24. The summed E-state index contributed by atoms with van der Waals surface area (Å²) in [6.45, 7) is 4.15. The van der Waals surface area contributed by atoms with Gasteiger partial charge >= 0.3 is 5.97 Å². The molecule has 2 rings (SSSR count). The van der Waals surface area contributed by atoms with Crippen LogP contribution >= 0.6 is 0 Å². The molecule has 2 aromatic carbocycles. The van der Waals surface area contributed by atoms with Crippen molar-refractivity contribution in [1.29, 1.82) is 0 Å². The molecule has 142 valence electrons. The number of nitrogens with zero attached hydrogens (tertiary/aromatic N) is 1. The minimum atomic E-state index is -0.762. The summed E-state index contributed by atoms with van der Waals surface area (Å²) in [5, 5.41) is 13.4. The minimum absolute atomic E-state index is 0.292. The number of ether oxygens (including phenoxy) is 2. The molecule has 1 N–H and O–H groups in total. The van der Waals surface area contributed by atoms with Gasteiger partial charge in [0.15, 0.2) is 0 Å². The number of aliphatic hydroxyl groups excluding tert-OH is 1. The molecule has 0 aliphatic rings. The normalized spacial score (nSPS) is 11.8. The van der Waals surface area contributed by atoms with Gasteiger partial charge in [-0.15, -0.1) is 0 Å².